The first kappa shape index (κ1) is 19.8. The van der Waals surface area contributed by atoms with Gasteiger partial charge in [-0.05, 0) is 49.9 Å². The van der Waals surface area contributed by atoms with E-state index in [9.17, 15) is 22.8 Å². The molecule has 6 nitrogen and oxygen atoms in total. The van der Waals surface area contributed by atoms with Gasteiger partial charge in [-0.1, -0.05) is 12.1 Å². The molecule has 9 heteroatoms. The molecule has 0 unspecified atom stereocenters. The van der Waals surface area contributed by atoms with Gasteiger partial charge in [0.2, 0.25) is 0 Å². The molecule has 1 saturated carbocycles. The average molecular weight is 397 g/mol. The van der Waals surface area contributed by atoms with Crippen molar-refractivity contribution in [2.45, 2.75) is 38.1 Å². The molecule has 1 aliphatic rings. The van der Waals surface area contributed by atoms with Crippen LogP contribution in [0.25, 0.3) is 11.3 Å². The molecule has 0 atom stereocenters. The van der Waals surface area contributed by atoms with Gasteiger partial charge in [-0.25, -0.2) is 0 Å². The van der Waals surface area contributed by atoms with Crippen molar-refractivity contribution in [3.8, 4) is 17.1 Å². The molecule has 2 aromatic rings. The number of carbonyl (C=O) groups is 2. The van der Waals surface area contributed by atoms with Crippen LogP contribution in [0.1, 0.15) is 36.2 Å². The highest BCUT2D eigenvalue weighted by molar-refractivity contribution is 5.92. The first-order chi connectivity index (χ1) is 13.2. The fraction of sp³-hybridized carbons (Fsp3) is 0.368. The number of rotatable bonds is 5. The zero-order valence-electron chi connectivity index (χ0n) is 14.7. The molecule has 0 aliphatic heterocycles. The molecule has 0 spiro atoms. The van der Waals surface area contributed by atoms with Crippen LogP contribution < -0.4 is 10.1 Å². The fourth-order valence-electron chi connectivity index (χ4n) is 3.23. The summed E-state index contributed by atoms with van der Waals surface area (Å²) in [6, 6.07) is 8.08. The number of halogens is 3. The maximum atomic E-state index is 12.6. The summed E-state index contributed by atoms with van der Waals surface area (Å²) in [5.74, 6) is -2.13. The molecule has 1 aliphatic carbocycles. The summed E-state index contributed by atoms with van der Waals surface area (Å²) in [5.41, 5.74) is 0.0702. The van der Waals surface area contributed by atoms with Crippen LogP contribution in [-0.2, 0) is 4.79 Å². The van der Waals surface area contributed by atoms with Gasteiger partial charge in [-0.2, -0.15) is 0 Å². The predicted molar refractivity (Wildman–Crippen MR) is 91.7 cm³/mol. The van der Waals surface area contributed by atoms with E-state index < -0.39 is 29.9 Å². The summed E-state index contributed by atoms with van der Waals surface area (Å²) in [4.78, 5) is 23.3. The second-order valence-electron chi connectivity index (χ2n) is 6.57. The summed E-state index contributed by atoms with van der Waals surface area (Å²) in [7, 11) is 0. The van der Waals surface area contributed by atoms with Crippen molar-refractivity contribution in [2.75, 3.05) is 0 Å². The number of hydrogen-bond donors (Lipinski definition) is 2. The number of para-hydroxylation sites is 1. The number of alkyl halides is 3. The van der Waals surface area contributed by atoms with Crippen molar-refractivity contribution in [3.05, 3.63) is 42.2 Å². The van der Waals surface area contributed by atoms with Crippen molar-refractivity contribution >= 4 is 11.9 Å². The Kier molecular flexibility index (Phi) is 5.62. The van der Waals surface area contributed by atoms with Gasteiger partial charge in [0.25, 0.3) is 5.91 Å². The van der Waals surface area contributed by atoms with Crippen LogP contribution in [0.5, 0.6) is 5.75 Å². The third-order valence-electron chi connectivity index (χ3n) is 4.62. The molecule has 1 aromatic carbocycles. The van der Waals surface area contributed by atoms with Crippen molar-refractivity contribution in [1.29, 1.82) is 0 Å². The van der Waals surface area contributed by atoms with Gasteiger partial charge in [0.15, 0.2) is 5.76 Å². The number of benzene rings is 1. The van der Waals surface area contributed by atoms with E-state index in [0.717, 1.165) is 6.07 Å². The number of aliphatic carboxylic acids is 1. The van der Waals surface area contributed by atoms with E-state index in [-0.39, 0.29) is 23.1 Å². The summed E-state index contributed by atoms with van der Waals surface area (Å²) < 4.78 is 47.1. The van der Waals surface area contributed by atoms with Gasteiger partial charge >= 0.3 is 12.3 Å². The first-order valence-corrected chi connectivity index (χ1v) is 8.71. The van der Waals surface area contributed by atoms with Crippen LogP contribution in [0.3, 0.4) is 0 Å². The quantitative estimate of drug-likeness (QED) is 0.789. The van der Waals surface area contributed by atoms with E-state index in [1.54, 1.807) is 0 Å². The number of carboxylic acid groups (broad SMARTS) is 1. The molecular formula is C19H18F3NO5. The number of furan rings is 1. The Labute approximate surface area is 158 Å². The summed E-state index contributed by atoms with van der Waals surface area (Å²) >= 11 is 0. The molecule has 2 N–H and O–H groups in total. The van der Waals surface area contributed by atoms with Crippen molar-refractivity contribution < 1.29 is 37.0 Å². The Morgan fingerprint density at radius 2 is 1.75 bits per heavy atom. The maximum absolute atomic E-state index is 12.6. The van der Waals surface area contributed by atoms with E-state index in [0.29, 0.717) is 25.7 Å². The third kappa shape index (κ3) is 4.85. The second-order valence-corrected chi connectivity index (χ2v) is 6.57. The van der Waals surface area contributed by atoms with Gasteiger partial charge in [0.1, 0.15) is 11.5 Å². The largest absolute Gasteiger partial charge is 0.573 e. The number of hydrogen-bond acceptors (Lipinski definition) is 4. The first-order valence-electron chi connectivity index (χ1n) is 8.71. The zero-order valence-corrected chi connectivity index (χ0v) is 14.7. The molecule has 1 amide bonds. The highest BCUT2D eigenvalue weighted by Gasteiger charge is 2.32. The monoisotopic (exact) mass is 397 g/mol. The Balaban J connectivity index is 1.68. The van der Waals surface area contributed by atoms with Gasteiger partial charge < -0.3 is 19.6 Å². The molecule has 0 bridgehead atoms. The fourth-order valence-corrected chi connectivity index (χ4v) is 3.23. The van der Waals surface area contributed by atoms with Crippen LogP contribution in [-0.4, -0.2) is 29.4 Å². The van der Waals surface area contributed by atoms with Crippen molar-refractivity contribution in [1.82, 2.24) is 5.32 Å². The number of ether oxygens (including phenoxy) is 1. The van der Waals surface area contributed by atoms with Crippen molar-refractivity contribution in [2.24, 2.45) is 5.92 Å². The van der Waals surface area contributed by atoms with E-state index in [2.05, 4.69) is 10.1 Å². The number of amides is 1. The molecule has 3 rings (SSSR count). The highest BCUT2D eigenvalue weighted by Crippen LogP contribution is 2.34. The Bertz CT molecular complexity index is 853. The molecule has 1 fully saturated rings. The van der Waals surface area contributed by atoms with Gasteiger partial charge in [-0.3, -0.25) is 9.59 Å². The third-order valence-corrected chi connectivity index (χ3v) is 4.62. The summed E-state index contributed by atoms with van der Waals surface area (Å²) in [6.07, 6.45) is -2.81. The summed E-state index contributed by atoms with van der Waals surface area (Å²) in [5, 5.41) is 11.8. The minimum Gasteiger partial charge on any atom is -0.481 e. The van der Waals surface area contributed by atoms with E-state index in [4.69, 9.17) is 9.52 Å². The molecule has 150 valence electrons. The summed E-state index contributed by atoms with van der Waals surface area (Å²) in [6.45, 7) is 0. The lowest BCUT2D eigenvalue weighted by molar-refractivity contribution is -0.274. The lowest BCUT2D eigenvalue weighted by atomic mass is 9.86. The number of nitrogens with one attached hydrogen (secondary N) is 1. The van der Waals surface area contributed by atoms with Crippen LogP contribution in [0.15, 0.2) is 40.8 Å². The Morgan fingerprint density at radius 3 is 2.39 bits per heavy atom. The smallest absolute Gasteiger partial charge is 0.481 e. The lowest BCUT2D eigenvalue weighted by Gasteiger charge is -2.26. The minimum atomic E-state index is -4.85. The normalized spacial score (nSPS) is 19.8. The van der Waals surface area contributed by atoms with Crippen LogP contribution in [0.4, 0.5) is 13.2 Å². The number of carboxylic acids is 1. The standard InChI is InChI=1S/C19H18F3NO5/c20-19(21,22)28-15-4-2-1-3-13(15)14-9-10-16(27-14)17(24)23-12-7-5-11(6-8-12)18(25)26/h1-4,9-12H,5-8H2,(H,23,24)(H,25,26). The van der Waals surface area contributed by atoms with E-state index >= 15 is 0 Å². The maximum Gasteiger partial charge on any atom is 0.573 e. The van der Waals surface area contributed by atoms with Crippen LogP contribution >= 0.6 is 0 Å². The minimum absolute atomic E-state index is 0.0443. The lowest BCUT2D eigenvalue weighted by Crippen LogP contribution is -2.38. The molecule has 1 aromatic heterocycles. The van der Waals surface area contributed by atoms with Gasteiger partial charge in [0.05, 0.1) is 11.5 Å². The molecule has 0 radical (unpaired) electrons. The highest BCUT2D eigenvalue weighted by atomic mass is 19.4. The van der Waals surface area contributed by atoms with Crippen LogP contribution in [0, 0.1) is 5.92 Å². The molecule has 28 heavy (non-hydrogen) atoms. The Morgan fingerprint density at radius 1 is 1.07 bits per heavy atom. The molecule has 0 saturated heterocycles. The van der Waals surface area contributed by atoms with Crippen LogP contribution in [0.2, 0.25) is 0 Å². The van der Waals surface area contributed by atoms with Crippen molar-refractivity contribution in [3.63, 3.8) is 0 Å². The second kappa shape index (κ2) is 7.95. The van der Waals surface area contributed by atoms with Gasteiger partial charge in [-0.15, -0.1) is 13.2 Å². The predicted octanol–water partition coefficient (Wildman–Crippen LogP) is 4.22. The topological polar surface area (TPSA) is 88.8 Å². The van der Waals surface area contributed by atoms with E-state index in [1.165, 1.54) is 30.3 Å². The van der Waals surface area contributed by atoms with E-state index in [1.807, 2.05) is 0 Å². The zero-order chi connectivity index (χ0) is 20.3. The van der Waals surface area contributed by atoms with Gasteiger partial charge in [0, 0.05) is 6.04 Å². The number of carbonyl (C=O) groups excluding carboxylic acids is 1. The molecule has 1 heterocycles. The average Bonchev–Trinajstić information content (AvgIpc) is 3.11. The molecular weight excluding hydrogens is 379 g/mol. The SMILES string of the molecule is O=C(NC1CCC(C(=O)O)CC1)c1ccc(-c2ccccc2OC(F)(F)F)o1. The Hall–Kier alpha value is -2.97.